The molecule has 0 aliphatic rings. The smallest absolute Gasteiger partial charge is 0.262 e. The van der Waals surface area contributed by atoms with E-state index in [-0.39, 0.29) is 15.6 Å². The van der Waals surface area contributed by atoms with Gasteiger partial charge in [0.05, 0.1) is 10.6 Å². The van der Waals surface area contributed by atoms with E-state index in [1.807, 2.05) is 4.72 Å². The second-order valence-electron chi connectivity index (χ2n) is 3.91. The molecular weight excluding hydrogens is 310 g/mol. The van der Waals surface area contributed by atoms with Crippen molar-refractivity contribution < 1.29 is 17.2 Å². The maximum atomic E-state index is 13.6. The lowest BCUT2D eigenvalue weighted by atomic mass is 10.2. The zero-order valence-corrected chi connectivity index (χ0v) is 11.5. The van der Waals surface area contributed by atoms with Crippen molar-refractivity contribution in [3.05, 3.63) is 53.1 Å². The van der Waals surface area contributed by atoms with Gasteiger partial charge in [-0.15, -0.1) is 0 Å². The molecule has 0 radical (unpaired) electrons. The molecule has 0 amide bonds. The minimum Gasteiger partial charge on any atom is -0.397 e. The maximum Gasteiger partial charge on any atom is 0.262 e. The van der Waals surface area contributed by atoms with Gasteiger partial charge < -0.3 is 5.73 Å². The van der Waals surface area contributed by atoms with E-state index < -0.39 is 27.3 Å². The largest absolute Gasteiger partial charge is 0.397 e. The van der Waals surface area contributed by atoms with Crippen LogP contribution < -0.4 is 10.5 Å². The van der Waals surface area contributed by atoms with E-state index in [1.165, 1.54) is 24.3 Å². The van der Waals surface area contributed by atoms with Crippen LogP contribution in [0.15, 0.2) is 41.3 Å². The van der Waals surface area contributed by atoms with Gasteiger partial charge in [-0.05, 0) is 24.3 Å². The number of hydrogen-bond acceptors (Lipinski definition) is 3. The number of nitrogens with one attached hydrogen (secondary N) is 1. The van der Waals surface area contributed by atoms with Crippen molar-refractivity contribution in [2.75, 3.05) is 10.5 Å². The van der Waals surface area contributed by atoms with E-state index in [1.54, 1.807) is 0 Å². The SMILES string of the molecule is Nc1cc(F)cc(F)c1NS(=O)(=O)c1cccc(Cl)c1. The summed E-state index contributed by atoms with van der Waals surface area (Å²) in [4.78, 5) is -0.159. The highest BCUT2D eigenvalue weighted by Crippen LogP contribution is 2.27. The molecular formula is C12H9ClF2N2O2S. The van der Waals surface area contributed by atoms with Gasteiger partial charge in [0.2, 0.25) is 0 Å². The molecule has 0 atom stereocenters. The normalized spacial score (nSPS) is 11.3. The molecule has 0 spiro atoms. The molecule has 0 heterocycles. The lowest BCUT2D eigenvalue weighted by Gasteiger charge is -2.11. The van der Waals surface area contributed by atoms with Gasteiger partial charge in [-0.1, -0.05) is 17.7 Å². The molecule has 20 heavy (non-hydrogen) atoms. The Balaban J connectivity index is 2.44. The van der Waals surface area contributed by atoms with Crippen LogP contribution in [0.3, 0.4) is 0 Å². The van der Waals surface area contributed by atoms with Crippen LogP contribution >= 0.6 is 11.6 Å². The monoisotopic (exact) mass is 318 g/mol. The summed E-state index contributed by atoms with van der Waals surface area (Å²) < 4.78 is 52.6. The number of anilines is 2. The minimum atomic E-state index is -4.07. The van der Waals surface area contributed by atoms with E-state index in [0.717, 1.165) is 6.07 Å². The molecule has 4 nitrogen and oxygen atoms in total. The van der Waals surface area contributed by atoms with Crippen molar-refractivity contribution in [2.24, 2.45) is 0 Å². The van der Waals surface area contributed by atoms with Gasteiger partial charge in [0.25, 0.3) is 10.0 Å². The van der Waals surface area contributed by atoms with Crippen LogP contribution in [0.1, 0.15) is 0 Å². The van der Waals surface area contributed by atoms with Gasteiger partial charge in [-0.25, -0.2) is 17.2 Å². The number of benzene rings is 2. The summed E-state index contributed by atoms with van der Waals surface area (Å²) in [5.41, 5.74) is 4.54. The van der Waals surface area contributed by atoms with E-state index in [0.29, 0.717) is 6.07 Å². The summed E-state index contributed by atoms with van der Waals surface area (Å²) in [7, 11) is -4.07. The zero-order chi connectivity index (χ0) is 14.9. The number of nitrogens with two attached hydrogens (primary N) is 1. The summed E-state index contributed by atoms with van der Waals surface area (Å²) in [6.45, 7) is 0. The first-order valence-electron chi connectivity index (χ1n) is 5.32. The van der Waals surface area contributed by atoms with E-state index in [9.17, 15) is 17.2 Å². The Morgan fingerprint density at radius 3 is 2.45 bits per heavy atom. The second kappa shape index (κ2) is 5.26. The van der Waals surface area contributed by atoms with E-state index in [2.05, 4.69) is 0 Å². The quantitative estimate of drug-likeness (QED) is 0.854. The van der Waals surface area contributed by atoms with Crippen LogP contribution in [0.25, 0.3) is 0 Å². The van der Waals surface area contributed by atoms with Crippen molar-refractivity contribution >= 4 is 33.0 Å². The third kappa shape index (κ3) is 3.00. The van der Waals surface area contributed by atoms with Crippen LogP contribution in [0.4, 0.5) is 20.2 Å². The average Bonchev–Trinajstić information content (AvgIpc) is 2.34. The van der Waals surface area contributed by atoms with Crippen molar-refractivity contribution in [3.63, 3.8) is 0 Å². The molecule has 2 aromatic carbocycles. The predicted octanol–water partition coefficient (Wildman–Crippen LogP) is 3.00. The fourth-order valence-corrected chi connectivity index (χ4v) is 2.93. The average molecular weight is 319 g/mol. The first kappa shape index (κ1) is 14.5. The highest BCUT2D eigenvalue weighted by molar-refractivity contribution is 7.92. The number of rotatable bonds is 3. The Morgan fingerprint density at radius 2 is 1.85 bits per heavy atom. The molecule has 2 rings (SSSR count). The summed E-state index contributed by atoms with van der Waals surface area (Å²) in [5, 5.41) is 0.209. The van der Waals surface area contributed by atoms with Gasteiger partial charge >= 0.3 is 0 Å². The lowest BCUT2D eigenvalue weighted by molar-refractivity contribution is 0.583. The number of hydrogen-bond donors (Lipinski definition) is 2. The highest BCUT2D eigenvalue weighted by atomic mass is 35.5. The molecule has 106 valence electrons. The van der Waals surface area contributed by atoms with E-state index in [4.69, 9.17) is 17.3 Å². The topological polar surface area (TPSA) is 72.2 Å². The van der Waals surface area contributed by atoms with Gasteiger partial charge in [0.15, 0.2) is 5.82 Å². The van der Waals surface area contributed by atoms with E-state index >= 15 is 0 Å². The first-order valence-corrected chi connectivity index (χ1v) is 7.18. The maximum absolute atomic E-state index is 13.6. The fourth-order valence-electron chi connectivity index (χ4n) is 1.53. The van der Waals surface area contributed by atoms with Crippen LogP contribution in [-0.2, 0) is 10.0 Å². The number of nitrogen functional groups attached to an aromatic ring is 1. The highest BCUT2D eigenvalue weighted by Gasteiger charge is 2.19. The van der Waals surface area contributed by atoms with Gasteiger partial charge in [0, 0.05) is 11.1 Å². The summed E-state index contributed by atoms with van der Waals surface area (Å²) in [6.07, 6.45) is 0. The second-order valence-corrected chi connectivity index (χ2v) is 6.03. The van der Waals surface area contributed by atoms with Crippen LogP contribution in [0, 0.1) is 11.6 Å². The Kier molecular flexibility index (Phi) is 3.82. The first-order chi connectivity index (χ1) is 9.29. The Hall–Kier alpha value is -1.86. The molecule has 0 aliphatic heterocycles. The van der Waals surface area contributed by atoms with Crippen LogP contribution in [-0.4, -0.2) is 8.42 Å². The standard InChI is InChI=1S/C12H9ClF2N2O2S/c13-7-2-1-3-9(4-7)20(18,19)17-12-10(15)5-8(14)6-11(12)16/h1-6,17H,16H2. The summed E-state index contributed by atoms with van der Waals surface area (Å²) in [6, 6.07) is 6.76. The minimum absolute atomic E-state index is 0.159. The Bertz CT molecular complexity index is 743. The summed E-state index contributed by atoms with van der Waals surface area (Å²) in [5.74, 6) is -2.00. The van der Waals surface area contributed by atoms with Crippen molar-refractivity contribution in [3.8, 4) is 0 Å². The Labute approximate surface area is 119 Å². The predicted molar refractivity (Wildman–Crippen MR) is 73.0 cm³/mol. The third-order valence-corrected chi connectivity index (χ3v) is 4.01. The summed E-state index contributed by atoms with van der Waals surface area (Å²) >= 11 is 5.70. The molecule has 0 unspecified atom stereocenters. The van der Waals surface area contributed by atoms with Gasteiger partial charge in [-0.2, -0.15) is 0 Å². The van der Waals surface area contributed by atoms with Gasteiger partial charge in [0.1, 0.15) is 11.5 Å². The van der Waals surface area contributed by atoms with Crippen LogP contribution in [0.2, 0.25) is 5.02 Å². The number of halogens is 3. The Morgan fingerprint density at radius 1 is 1.15 bits per heavy atom. The molecule has 0 bridgehead atoms. The van der Waals surface area contributed by atoms with Crippen molar-refractivity contribution in [1.29, 1.82) is 0 Å². The van der Waals surface area contributed by atoms with Gasteiger partial charge in [-0.3, -0.25) is 4.72 Å². The lowest BCUT2D eigenvalue weighted by Crippen LogP contribution is -2.15. The fraction of sp³-hybridized carbons (Fsp3) is 0. The molecule has 0 aliphatic carbocycles. The van der Waals surface area contributed by atoms with Crippen molar-refractivity contribution in [1.82, 2.24) is 0 Å². The molecule has 2 aromatic rings. The molecule has 3 N–H and O–H groups in total. The molecule has 0 saturated carbocycles. The molecule has 8 heteroatoms. The molecule has 0 aromatic heterocycles. The zero-order valence-electron chi connectivity index (χ0n) is 9.90. The number of sulfonamides is 1. The van der Waals surface area contributed by atoms with Crippen LogP contribution in [0.5, 0.6) is 0 Å². The molecule has 0 saturated heterocycles. The molecule has 0 fully saturated rings. The third-order valence-electron chi connectivity index (χ3n) is 2.43. The van der Waals surface area contributed by atoms with Crippen molar-refractivity contribution in [2.45, 2.75) is 4.90 Å².